The van der Waals surface area contributed by atoms with Gasteiger partial charge in [0.2, 0.25) is 0 Å². The Morgan fingerprint density at radius 3 is 2.71 bits per heavy atom. The molecule has 0 bridgehead atoms. The summed E-state index contributed by atoms with van der Waals surface area (Å²) in [6.45, 7) is 0.815. The van der Waals surface area contributed by atoms with E-state index in [0.717, 1.165) is 25.3 Å². The zero-order valence-electron chi connectivity index (χ0n) is 18.4. The number of halogens is 3. The SMILES string of the molecule is FC(F)(F)c1n[nH]nc1-c1ccnc(-c2cn(C[C@@H]3CCCc4ccc(C5CC5)cc43)cn2)c1. The number of imidazole rings is 1. The van der Waals surface area contributed by atoms with Crippen molar-refractivity contribution in [2.75, 3.05) is 0 Å². The van der Waals surface area contributed by atoms with Gasteiger partial charge in [0.05, 0.1) is 12.0 Å². The lowest BCUT2D eigenvalue weighted by Gasteiger charge is -2.26. The molecule has 0 aliphatic heterocycles. The molecule has 1 N–H and O–H groups in total. The number of hydrogen-bond acceptors (Lipinski definition) is 4. The first-order valence-corrected chi connectivity index (χ1v) is 11.5. The number of benzene rings is 1. The number of aromatic amines is 1. The maximum atomic E-state index is 13.2. The van der Waals surface area contributed by atoms with E-state index in [4.69, 9.17) is 0 Å². The van der Waals surface area contributed by atoms with Gasteiger partial charge in [-0.3, -0.25) is 4.98 Å². The number of H-pyrrole nitrogens is 1. The van der Waals surface area contributed by atoms with Crippen LogP contribution in [0.4, 0.5) is 13.2 Å². The molecule has 4 aromatic rings. The molecule has 1 saturated carbocycles. The molecule has 1 fully saturated rings. The third-order valence-corrected chi connectivity index (χ3v) is 6.83. The Bertz CT molecular complexity index is 1330. The Morgan fingerprint density at radius 2 is 1.88 bits per heavy atom. The molecule has 3 heterocycles. The topological polar surface area (TPSA) is 72.3 Å². The minimum Gasteiger partial charge on any atom is -0.336 e. The first-order chi connectivity index (χ1) is 16.5. The maximum Gasteiger partial charge on any atom is 0.437 e. The van der Waals surface area contributed by atoms with Crippen molar-refractivity contribution in [3.8, 4) is 22.6 Å². The van der Waals surface area contributed by atoms with Crippen LogP contribution in [0, 0.1) is 0 Å². The molecule has 0 spiro atoms. The highest BCUT2D eigenvalue weighted by Gasteiger charge is 2.38. The maximum absolute atomic E-state index is 13.2. The average Bonchev–Trinajstić information content (AvgIpc) is 3.36. The van der Waals surface area contributed by atoms with Gasteiger partial charge in [-0.25, -0.2) is 4.98 Å². The first kappa shape index (κ1) is 21.1. The van der Waals surface area contributed by atoms with Gasteiger partial charge < -0.3 is 4.57 Å². The van der Waals surface area contributed by atoms with E-state index >= 15 is 0 Å². The van der Waals surface area contributed by atoms with Crippen LogP contribution in [0.2, 0.25) is 0 Å². The number of alkyl halides is 3. The van der Waals surface area contributed by atoms with Crippen LogP contribution >= 0.6 is 0 Å². The second-order valence-corrected chi connectivity index (χ2v) is 9.23. The van der Waals surface area contributed by atoms with Crippen molar-refractivity contribution in [1.29, 1.82) is 0 Å². The molecule has 0 radical (unpaired) electrons. The zero-order valence-corrected chi connectivity index (χ0v) is 18.4. The van der Waals surface area contributed by atoms with Crippen molar-refractivity contribution in [2.45, 2.75) is 56.7 Å². The molecule has 0 amide bonds. The molecule has 0 saturated heterocycles. The van der Waals surface area contributed by atoms with E-state index in [9.17, 15) is 13.2 Å². The van der Waals surface area contributed by atoms with E-state index < -0.39 is 11.9 Å². The number of nitrogens with zero attached hydrogens (tertiary/aromatic N) is 5. The lowest BCUT2D eigenvalue weighted by Crippen LogP contribution is -2.15. The molecule has 2 aliphatic rings. The van der Waals surface area contributed by atoms with Gasteiger partial charge >= 0.3 is 6.18 Å². The smallest absolute Gasteiger partial charge is 0.336 e. The van der Waals surface area contributed by atoms with E-state index in [0.29, 0.717) is 17.3 Å². The average molecular weight is 464 g/mol. The molecule has 9 heteroatoms. The Hall–Kier alpha value is -3.49. The molecule has 0 unspecified atom stereocenters. The largest absolute Gasteiger partial charge is 0.437 e. The minimum atomic E-state index is -4.59. The van der Waals surface area contributed by atoms with Crippen molar-refractivity contribution in [3.63, 3.8) is 0 Å². The monoisotopic (exact) mass is 464 g/mol. The van der Waals surface area contributed by atoms with E-state index in [-0.39, 0.29) is 11.3 Å². The Balaban J connectivity index is 1.25. The summed E-state index contributed by atoms with van der Waals surface area (Å²) in [5.74, 6) is 1.15. The van der Waals surface area contributed by atoms with Crippen LogP contribution in [-0.2, 0) is 19.1 Å². The highest BCUT2D eigenvalue weighted by molar-refractivity contribution is 5.67. The normalized spacial score (nSPS) is 18.1. The van der Waals surface area contributed by atoms with Crippen LogP contribution in [0.3, 0.4) is 0 Å². The second-order valence-electron chi connectivity index (χ2n) is 9.23. The number of pyridine rings is 1. The number of aryl methyl sites for hydroxylation is 1. The van der Waals surface area contributed by atoms with Crippen LogP contribution in [0.25, 0.3) is 22.6 Å². The summed E-state index contributed by atoms with van der Waals surface area (Å²) in [4.78, 5) is 8.82. The summed E-state index contributed by atoms with van der Waals surface area (Å²) in [5.41, 5.74) is 4.46. The van der Waals surface area contributed by atoms with Gasteiger partial charge in [0.15, 0.2) is 5.69 Å². The van der Waals surface area contributed by atoms with Crippen molar-refractivity contribution in [1.82, 2.24) is 29.9 Å². The molecule has 6 nitrogen and oxygen atoms in total. The van der Waals surface area contributed by atoms with Crippen LogP contribution in [0.5, 0.6) is 0 Å². The molecule has 174 valence electrons. The molecule has 6 rings (SSSR count). The number of rotatable bonds is 5. The van der Waals surface area contributed by atoms with Gasteiger partial charge in [-0.05, 0) is 66.8 Å². The van der Waals surface area contributed by atoms with Gasteiger partial charge in [0, 0.05) is 30.4 Å². The van der Waals surface area contributed by atoms with Crippen LogP contribution < -0.4 is 0 Å². The lowest BCUT2D eigenvalue weighted by molar-refractivity contribution is -0.140. The number of nitrogens with one attached hydrogen (secondary N) is 1. The van der Waals surface area contributed by atoms with Crippen molar-refractivity contribution >= 4 is 0 Å². The fraction of sp³-hybridized carbons (Fsp3) is 0.360. The molecule has 34 heavy (non-hydrogen) atoms. The second kappa shape index (κ2) is 8.07. The third-order valence-electron chi connectivity index (χ3n) is 6.83. The number of aromatic nitrogens is 6. The molecular formula is C25H23F3N6. The highest BCUT2D eigenvalue weighted by atomic mass is 19.4. The van der Waals surface area contributed by atoms with Crippen LogP contribution in [0.1, 0.15) is 59.9 Å². The molecule has 1 atom stereocenters. The van der Waals surface area contributed by atoms with Gasteiger partial charge in [0.1, 0.15) is 11.4 Å². The Kier molecular flexibility index (Phi) is 5.00. The quantitative estimate of drug-likeness (QED) is 0.408. The Morgan fingerprint density at radius 1 is 1.00 bits per heavy atom. The Labute approximate surface area is 194 Å². The van der Waals surface area contributed by atoms with Gasteiger partial charge in [-0.2, -0.15) is 28.6 Å². The molecular weight excluding hydrogens is 441 g/mol. The zero-order chi connectivity index (χ0) is 23.3. The van der Waals surface area contributed by atoms with E-state index in [2.05, 4.69) is 48.1 Å². The van der Waals surface area contributed by atoms with E-state index in [1.807, 2.05) is 6.20 Å². The fourth-order valence-electron chi connectivity index (χ4n) is 4.97. The van der Waals surface area contributed by atoms with Crippen LogP contribution in [0.15, 0.2) is 49.1 Å². The van der Waals surface area contributed by atoms with Gasteiger partial charge in [-0.1, -0.05) is 18.2 Å². The fourth-order valence-corrected chi connectivity index (χ4v) is 4.97. The number of hydrogen-bond donors (Lipinski definition) is 1. The summed E-state index contributed by atoms with van der Waals surface area (Å²) < 4.78 is 41.8. The van der Waals surface area contributed by atoms with Crippen molar-refractivity contribution in [3.05, 3.63) is 71.4 Å². The standard InChI is InChI=1S/C25H23F3N6/c26-25(27,28)24-23(31-33-32-24)18-8-9-29-21(11-18)22-13-34(14-30-22)12-19-3-1-2-16-6-7-17(10-20(16)19)15-4-5-15/h6-11,13-15,19H,1-5,12H2,(H,31,32,33)/t19-/m0/s1. The summed E-state index contributed by atoms with van der Waals surface area (Å²) in [6.07, 6.45) is 6.58. The van der Waals surface area contributed by atoms with Gasteiger partial charge in [0.25, 0.3) is 0 Å². The van der Waals surface area contributed by atoms with Crippen molar-refractivity contribution in [2.24, 2.45) is 0 Å². The van der Waals surface area contributed by atoms with Crippen molar-refractivity contribution < 1.29 is 13.2 Å². The first-order valence-electron chi connectivity index (χ1n) is 11.5. The molecule has 1 aromatic carbocycles. The summed E-state index contributed by atoms with van der Waals surface area (Å²) in [5, 5.41) is 9.05. The third kappa shape index (κ3) is 3.99. The minimum absolute atomic E-state index is 0.249. The summed E-state index contributed by atoms with van der Waals surface area (Å²) in [6, 6.07) is 10.1. The summed E-state index contributed by atoms with van der Waals surface area (Å²) in [7, 11) is 0. The number of fused-ring (bicyclic) bond motifs is 1. The van der Waals surface area contributed by atoms with E-state index in [1.165, 1.54) is 48.2 Å². The lowest BCUT2D eigenvalue weighted by atomic mass is 9.81. The molecule has 2 aliphatic carbocycles. The van der Waals surface area contributed by atoms with Gasteiger partial charge in [-0.15, -0.1) is 0 Å². The molecule has 3 aromatic heterocycles. The predicted molar refractivity (Wildman–Crippen MR) is 120 cm³/mol. The summed E-state index contributed by atoms with van der Waals surface area (Å²) >= 11 is 0. The van der Waals surface area contributed by atoms with Crippen LogP contribution in [-0.4, -0.2) is 29.9 Å². The van der Waals surface area contributed by atoms with E-state index in [1.54, 1.807) is 12.4 Å². The predicted octanol–water partition coefficient (Wildman–Crippen LogP) is 5.75. The highest BCUT2D eigenvalue weighted by Crippen LogP contribution is 2.43.